The second kappa shape index (κ2) is 28.6. The van der Waals surface area contributed by atoms with Crippen molar-refractivity contribution >= 4 is 87.5 Å². The molecule has 0 bridgehead atoms. The Hall–Kier alpha value is -5.79. The number of thioether (sulfide) groups is 1. The summed E-state index contributed by atoms with van der Waals surface area (Å²) in [6, 6.07) is 54.3. The van der Waals surface area contributed by atoms with Crippen molar-refractivity contribution in [2.75, 3.05) is 62.0 Å². The number of ether oxygens (including phenoxy) is 1. The van der Waals surface area contributed by atoms with Gasteiger partial charge in [-0.1, -0.05) is 168 Å². The maximum absolute atomic E-state index is 14.7. The van der Waals surface area contributed by atoms with E-state index in [4.69, 9.17) is 25.2 Å². The molecule has 0 spiro atoms. The summed E-state index contributed by atoms with van der Waals surface area (Å²) >= 11 is 7.74. The van der Waals surface area contributed by atoms with Gasteiger partial charge in [-0.05, 0) is 142 Å². The first-order valence-electron chi connectivity index (χ1n) is 30.5. The molecule has 2 fully saturated rings. The minimum atomic E-state index is -6.17. The largest absolute Gasteiger partial charge is 0.501 e. The molecule has 2 aliphatic heterocycles. The maximum atomic E-state index is 14.7. The summed E-state index contributed by atoms with van der Waals surface area (Å²) in [7, 11) is -16.3. The van der Waals surface area contributed by atoms with Crippen molar-refractivity contribution in [3.8, 4) is 11.1 Å². The van der Waals surface area contributed by atoms with E-state index < -0.39 is 69.4 Å². The second-order valence-corrected chi connectivity index (χ2v) is 40.0. The van der Waals surface area contributed by atoms with Crippen LogP contribution in [0.15, 0.2) is 197 Å². The molecule has 2 unspecified atom stereocenters. The lowest BCUT2D eigenvalue weighted by Crippen LogP contribution is -2.67. The Kier molecular flexibility index (Phi) is 21.8. The molecule has 2 N–H and O–H groups in total. The van der Waals surface area contributed by atoms with Gasteiger partial charge in [-0.15, -0.1) is 11.8 Å². The number of carbonyl (C=O) groups excluding carboxylic acids is 1. The number of hydrogen-bond donors (Lipinski definition) is 2. The molecule has 9 rings (SSSR count). The summed E-state index contributed by atoms with van der Waals surface area (Å²) < 4.78 is 122. The maximum Gasteiger partial charge on any atom is 0.501 e. The monoisotopic (exact) mass is 1340 g/mol. The Labute approximate surface area is 541 Å². The molecule has 21 heteroatoms. The van der Waals surface area contributed by atoms with Gasteiger partial charge in [0.05, 0.1) is 42.5 Å². The lowest BCUT2D eigenvalue weighted by molar-refractivity contribution is -0.0436. The van der Waals surface area contributed by atoms with E-state index in [2.05, 4.69) is 112 Å². The highest BCUT2D eigenvalue weighted by atomic mass is 35.5. The standard InChI is InChI=1S/C69H82ClF3N4O8S3Si2/c1-67(2,3)89(7,8)85-65(62-27-19-18-26-61(62)50-28-32-53(70)33-29-50)51-38-41-76(42-39-51)55-34-30-52(31-35-55)66(78)75-88(81,82)58-36-37-63(64(46-58)87(79,80)69(71,72)73)74-54(49-86-57-20-12-9-13-21-57)40-43-77-44-45-83-47-56(77)48-84-90(68(4,5)6,59-22-14-10-15-23-59)60-24-16-11-17-25-60/h9-37,46,51,54,56,65,74H,38-45,47-49H2,1-8H3,(H,75,78)/t54?,56?,65-/m1/s1. The SMILES string of the molecule is CC(C)(C)[Si](C)(C)O[C@@H](c1ccccc1-c1ccc(Cl)cc1)C1CCN(c2ccc(C(=O)NS(=O)(=O)c3ccc(NC(CCN4CCOCC4CO[Si](c4ccccc4)(c4ccccc4)C(C)(C)C)CSc4ccccc4)c(S(=O)(=O)C(F)(F)F)c3)cc2)CC1. The van der Waals surface area contributed by atoms with Gasteiger partial charge in [0.2, 0.25) is 0 Å². The van der Waals surface area contributed by atoms with Crippen LogP contribution in [0.3, 0.4) is 0 Å². The Bertz CT molecular complexity index is 3730. The van der Waals surface area contributed by atoms with E-state index in [1.165, 1.54) is 23.9 Å². The molecule has 0 aliphatic carbocycles. The van der Waals surface area contributed by atoms with Gasteiger partial charge in [0.15, 0.2) is 8.32 Å². The number of nitrogens with zero attached hydrogens (tertiary/aromatic N) is 2. The van der Waals surface area contributed by atoms with Gasteiger partial charge in [-0.2, -0.15) is 13.2 Å². The number of morpholine rings is 1. The molecule has 12 nitrogen and oxygen atoms in total. The summed E-state index contributed by atoms with van der Waals surface area (Å²) in [6.45, 7) is 21.3. The number of amides is 1. The molecule has 0 radical (unpaired) electrons. The van der Waals surface area contributed by atoms with Crippen LogP contribution in [0.2, 0.25) is 28.2 Å². The van der Waals surface area contributed by atoms with E-state index >= 15 is 0 Å². The van der Waals surface area contributed by atoms with Gasteiger partial charge in [0, 0.05) is 59.1 Å². The van der Waals surface area contributed by atoms with Crippen molar-refractivity contribution < 1.29 is 48.4 Å². The summed E-state index contributed by atoms with van der Waals surface area (Å²) in [5.74, 6) is -0.577. The lowest BCUT2D eigenvalue weighted by atomic mass is 9.84. The van der Waals surface area contributed by atoms with Crippen LogP contribution in [-0.2, 0) is 33.4 Å². The number of alkyl halides is 3. The van der Waals surface area contributed by atoms with Gasteiger partial charge < -0.3 is 23.8 Å². The predicted octanol–water partition coefficient (Wildman–Crippen LogP) is 14.6. The van der Waals surface area contributed by atoms with E-state index in [1.54, 1.807) is 12.1 Å². The van der Waals surface area contributed by atoms with Crippen molar-refractivity contribution in [2.24, 2.45) is 5.92 Å². The van der Waals surface area contributed by atoms with E-state index in [0.29, 0.717) is 69.3 Å². The van der Waals surface area contributed by atoms with Crippen LogP contribution in [0.4, 0.5) is 24.5 Å². The van der Waals surface area contributed by atoms with E-state index in [1.807, 2.05) is 102 Å². The number of hydrogen-bond acceptors (Lipinski definition) is 12. The minimum Gasteiger partial charge on any atom is -0.410 e. The van der Waals surface area contributed by atoms with Crippen molar-refractivity contribution in [1.29, 1.82) is 0 Å². The summed E-state index contributed by atoms with van der Waals surface area (Å²) in [4.78, 5) is 17.0. The molecule has 2 heterocycles. The highest BCUT2D eigenvalue weighted by Gasteiger charge is 2.51. The van der Waals surface area contributed by atoms with Gasteiger partial charge in [-0.25, -0.2) is 21.6 Å². The molecule has 1 amide bonds. The molecule has 2 aliphatic rings. The highest BCUT2D eigenvalue weighted by Crippen LogP contribution is 2.47. The zero-order valence-corrected chi connectivity index (χ0v) is 57.5. The highest BCUT2D eigenvalue weighted by molar-refractivity contribution is 7.99. The Morgan fingerprint density at radius 1 is 0.733 bits per heavy atom. The van der Waals surface area contributed by atoms with Crippen molar-refractivity contribution in [3.05, 3.63) is 198 Å². The lowest BCUT2D eigenvalue weighted by Gasteiger charge is -2.45. The smallest absolute Gasteiger partial charge is 0.410 e. The minimum absolute atomic E-state index is 0.0314. The molecule has 3 atom stereocenters. The van der Waals surface area contributed by atoms with Crippen LogP contribution < -0.4 is 25.3 Å². The van der Waals surface area contributed by atoms with E-state index in [9.17, 15) is 34.8 Å². The molecule has 2 saturated heterocycles. The average molecular weight is 1340 g/mol. The number of carbonyl (C=O) groups is 1. The number of sulfonamides is 1. The van der Waals surface area contributed by atoms with Crippen LogP contribution in [0, 0.1) is 5.92 Å². The van der Waals surface area contributed by atoms with Crippen molar-refractivity contribution in [1.82, 2.24) is 9.62 Å². The number of benzene rings is 7. The van der Waals surface area contributed by atoms with Crippen molar-refractivity contribution in [2.45, 2.75) is 122 Å². The fraction of sp³-hybridized carbons (Fsp3) is 0.377. The zero-order valence-electron chi connectivity index (χ0n) is 52.3. The Morgan fingerprint density at radius 3 is 1.91 bits per heavy atom. The molecule has 90 heavy (non-hydrogen) atoms. The van der Waals surface area contributed by atoms with Crippen LogP contribution in [0.25, 0.3) is 11.1 Å². The topological polar surface area (TPSA) is 144 Å². The first-order valence-corrected chi connectivity index (χ1v) is 39.6. The number of halogens is 4. The molecule has 0 aromatic heterocycles. The normalized spacial score (nSPS) is 16.8. The number of sulfone groups is 1. The average Bonchev–Trinajstić information content (AvgIpc) is 0.769. The summed E-state index contributed by atoms with van der Waals surface area (Å²) in [5.41, 5.74) is -2.20. The van der Waals surface area contributed by atoms with Crippen LogP contribution in [0.1, 0.15) is 82.8 Å². The molecule has 480 valence electrons. The van der Waals surface area contributed by atoms with E-state index in [0.717, 1.165) is 62.6 Å². The van der Waals surface area contributed by atoms with Crippen molar-refractivity contribution in [3.63, 3.8) is 0 Å². The Balaban J connectivity index is 0.909. The number of nitrogens with one attached hydrogen (secondary N) is 2. The first-order chi connectivity index (χ1) is 42.6. The number of piperidine rings is 1. The fourth-order valence-electron chi connectivity index (χ4n) is 11.8. The predicted molar refractivity (Wildman–Crippen MR) is 363 cm³/mol. The van der Waals surface area contributed by atoms with Gasteiger partial charge >= 0.3 is 5.51 Å². The quantitative estimate of drug-likeness (QED) is 0.0465. The third-order valence-corrected chi connectivity index (χ3v) is 31.5. The summed E-state index contributed by atoms with van der Waals surface area (Å²) in [6.07, 6.45) is 1.76. The second-order valence-electron chi connectivity index (χ2n) is 25.8. The third-order valence-electron chi connectivity index (χ3n) is 17.8. The molecule has 7 aromatic carbocycles. The number of anilines is 2. The number of rotatable bonds is 23. The van der Waals surface area contributed by atoms with E-state index in [-0.39, 0.29) is 33.7 Å². The third kappa shape index (κ3) is 16.0. The molecule has 0 saturated carbocycles. The van der Waals surface area contributed by atoms with Crippen LogP contribution in [0.5, 0.6) is 0 Å². The molecule has 7 aromatic rings. The van der Waals surface area contributed by atoms with Crippen LogP contribution >= 0.6 is 23.4 Å². The summed E-state index contributed by atoms with van der Waals surface area (Å²) in [5, 5.41) is 5.69. The zero-order chi connectivity index (χ0) is 64.7. The van der Waals surface area contributed by atoms with Gasteiger partial charge in [-0.3, -0.25) is 9.69 Å². The van der Waals surface area contributed by atoms with Gasteiger partial charge in [0.1, 0.15) is 4.90 Å². The fourth-order valence-corrected chi connectivity index (χ4v) is 20.8. The first kappa shape index (κ1) is 68.6. The molecular weight excluding hydrogens is 1260 g/mol. The Morgan fingerprint density at radius 2 is 1.32 bits per heavy atom. The molecular formula is C69H82ClF3N4O8S3Si2. The van der Waals surface area contributed by atoms with Gasteiger partial charge in [0.25, 0.3) is 34.1 Å². The van der Waals surface area contributed by atoms with Crippen LogP contribution in [-0.4, -0.2) is 114 Å².